The Hall–Kier alpha value is -3.48. The molecule has 0 heterocycles. The maximum atomic E-state index is 12.0. The summed E-state index contributed by atoms with van der Waals surface area (Å²) in [5.74, 6) is -1.81. The maximum absolute atomic E-state index is 12.0. The lowest BCUT2D eigenvalue weighted by Crippen LogP contribution is -2.34. The molecule has 7 nitrogen and oxygen atoms in total. The van der Waals surface area contributed by atoms with Crippen LogP contribution in [0.25, 0.3) is 0 Å². The van der Waals surface area contributed by atoms with Gasteiger partial charge < -0.3 is 16.0 Å². The molecule has 2 aromatic rings. The summed E-state index contributed by atoms with van der Waals surface area (Å²) in [4.78, 5) is 46.1. The SMILES string of the molecule is CC(=O)C(=O)Nc1ccc(C(=O)NCCNC(=O)c2ccccc2)cc1. The second kappa shape index (κ2) is 9.12. The molecule has 3 N–H and O–H groups in total. The molecule has 0 saturated heterocycles. The standard InChI is InChI=1S/C19H19N3O4/c1-13(23)17(24)22-16-9-7-15(8-10-16)19(26)21-12-11-20-18(25)14-5-3-2-4-6-14/h2-10H,11-12H2,1H3,(H,20,25)(H,21,26)(H,22,24). The molecule has 134 valence electrons. The van der Waals surface area contributed by atoms with Gasteiger partial charge in [-0.1, -0.05) is 18.2 Å². The molecule has 0 aliphatic rings. The van der Waals surface area contributed by atoms with E-state index in [4.69, 9.17) is 0 Å². The van der Waals surface area contributed by atoms with Crippen LogP contribution >= 0.6 is 0 Å². The molecule has 2 aromatic carbocycles. The second-order valence-corrected chi connectivity index (χ2v) is 5.47. The molecule has 2 rings (SSSR count). The van der Waals surface area contributed by atoms with Gasteiger partial charge in [-0.25, -0.2) is 0 Å². The minimum absolute atomic E-state index is 0.203. The van der Waals surface area contributed by atoms with Crippen LogP contribution in [0.5, 0.6) is 0 Å². The van der Waals surface area contributed by atoms with Gasteiger partial charge in [-0.2, -0.15) is 0 Å². The topological polar surface area (TPSA) is 104 Å². The van der Waals surface area contributed by atoms with E-state index in [0.717, 1.165) is 0 Å². The Morgan fingerprint density at radius 2 is 1.23 bits per heavy atom. The van der Waals surface area contributed by atoms with Crippen molar-refractivity contribution in [3.05, 3.63) is 65.7 Å². The number of anilines is 1. The molecule has 0 aliphatic carbocycles. The van der Waals surface area contributed by atoms with Crippen LogP contribution in [0.3, 0.4) is 0 Å². The largest absolute Gasteiger partial charge is 0.350 e. The van der Waals surface area contributed by atoms with Crippen LogP contribution in [0.4, 0.5) is 5.69 Å². The van der Waals surface area contributed by atoms with Gasteiger partial charge in [0.25, 0.3) is 17.7 Å². The second-order valence-electron chi connectivity index (χ2n) is 5.47. The molecule has 0 aliphatic heterocycles. The zero-order valence-corrected chi connectivity index (χ0v) is 14.2. The number of hydrogen-bond acceptors (Lipinski definition) is 4. The van der Waals surface area contributed by atoms with Gasteiger partial charge in [0, 0.05) is 36.8 Å². The Labute approximate surface area is 150 Å². The van der Waals surface area contributed by atoms with Crippen LogP contribution in [0, 0.1) is 0 Å². The number of rotatable bonds is 7. The summed E-state index contributed by atoms with van der Waals surface area (Å²) in [7, 11) is 0. The van der Waals surface area contributed by atoms with Crippen molar-refractivity contribution >= 4 is 29.2 Å². The van der Waals surface area contributed by atoms with Gasteiger partial charge >= 0.3 is 0 Å². The first-order chi connectivity index (χ1) is 12.5. The van der Waals surface area contributed by atoms with Crippen LogP contribution in [0.15, 0.2) is 54.6 Å². The molecule has 0 spiro atoms. The lowest BCUT2D eigenvalue weighted by atomic mass is 10.2. The quantitative estimate of drug-likeness (QED) is 0.516. The average molecular weight is 353 g/mol. The molecule has 0 atom stereocenters. The minimum Gasteiger partial charge on any atom is -0.350 e. The van der Waals surface area contributed by atoms with Gasteiger partial charge in [0.15, 0.2) is 0 Å². The molecular formula is C19H19N3O4. The number of nitrogens with one attached hydrogen (secondary N) is 3. The first-order valence-electron chi connectivity index (χ1n) is 8.01. The predicted octanol–water partition coefficient (Wildman–Crippen LogP) is 1.37. The highest BCUT2D eigenvalue weighted by molar-refractivity contribution is 6.39. The Morgan fingerprint density at radius 1 is 0.731 bits per heavy atom. The fourth-order valence-corrected chi connectivity index (χ4v) is 2.07. The molecule has 0 bridgehead atoms. The van der Waals surface area contributed by atoms with E-state index in [9.17, 15) is 19.2 Å². The van der Waals surface area contributed by atoms with Crippen molar-refractivity contribution in [1.29, 1.82) is 0 Å². The summed E-state index contributed by atoms with van der Waals surface area (Å²) >= 11 is 0. The summed E-state index contributed by atoms with van der Waals surface area (Å²) in [5, 5.41) is 7.82. The zero-order chi connectivity index (χ0) is 18.9. The molecule has 7 heteroatoms. The summed E-state index contributed by atoms with van der Waals surface area (Å²) in [6.45, 7) is 1.75. The van der Waals surface area contributed by atoms with Crippen molar-refractivity contribution in [1.82, 2.24) is 10.6 Å². The van der Waals surface area contributed by atoms with Crippen LogP contribution in [-0.2, 0) is 9.59 Å². The van der Waals surface area contributed by atoms with Gasteiger partial charge in [0.1, 0.15) is 0 Å². The van der Waals surface area contributed by atoms with Crippen molar-refractivity contribution in [2.24, 2.45) is 0 Å². The van der Waals surface area contributed by atoms with Gasteiger partial charge in [0.2, 0.25) is 5.78 Å². The molecule has 3 amide bonds. The third-order valence-electron chi connectivity index (χ3n) is 3.46. The average Bonchev–Trinajstić information content (AvgIpc) is 2.66. The van der Waals surface area contributed by atoms with Gasteiger partial charge in [0.05, 0.1) is 0 Å². The number of benzene rings is 2. The van der Waals surface area contributed by atoms with Gasteiger partial charge in [-0.05, 0) is 36.4 Å². The van der Waals surface area contributed by atoms with Crippen molar-refractivity contribution in [3.63, 3.8) is 0 Å². The van der Waals surface area contributed by atoms with E-state index in [1.54, 1.807) is 24.3 Å². The normalized spacial score (nSPS) is 9.88. The number of Topliss-reactive ketones (excluding diaryl/α,β-unsaturated/α-hetero) is 1. The molecule has 0 fully saturated rings. The first kappa shape index (κ1) is 18.9. The summed E-state index contributed by atoms with van der Waals surface area (Å²) in [6, 6.07) is 14.9. The van der Waals surface area contributed by atoms with Crippen molar-refractivity contribution in [3.8, 4) is 0 Å². The number of amides is 3. The van der Waals surface area contributed by atoms with E-state index < -0.39 is 11.7 Å². The predicted molar refractivity (Wildman–Crippen MR) is 96.9 cm³/mol. The molecule has 26 heavy (non-hydrogen) atoms. The Kier molecular flexibility index (Phi) is 6.61. The fourth-order valence-electron chi connectivity index (χ4n) is 2.07. The molecule has 0 saturated carbocycles. The summed E-state index contributed by atoms with van der Waals surface area (Å²) in [5.41, 5.74) is 1.39. The van der Waals surface area contributed by atoms with E-state index in [-0.39, 0.29) is 18.4 Å². The van der Waals surface area contributed by atoms with Crippen LogP contribution in [-0.4, -0.2) is 36.6 Å². The van der Waals surface area contributed by atoms with Crippen LogP contribution in [0.2, 0.25) is 0 Å². The minimum atomic E-state index is -0.712. The third-order valence-corrected chi connectivity index (χ3v) is 3.46. The molecule has 0 aromatic heterocycles. The monoisotopic (exact) mass is 353 g/mol. The maximum Gasteiger partial charge on any atom is 0.291 e. The van der Waals surface area contributed by atoms with E-state index in [1.807, 2.05) is 6.07 Å². The lowest BCUT2D eigenvalue weighted by molar-refractivity contribution is -0.133. The summed E-state index contributed by atoms with van der Waals surface area (Å²) < 4.78 is 0. The molecule has 0 radical (unpaired) electrons. The first-order valence-corrected chi connectivity index (χ1v) is 8.01. The van der Waals surface area contributed by atoms with E-state index >= 15 is 0 Å². The number of carbonyl (C=O) groups excluding carboxylic acids is 4. The Balaban J connectivity index is 1.76. The Bertz CT molecular complexity index is 801. The highest BCUT2D eigenvalue weighted by Gasteiger charge is 2.09. The van der Waals surface area contributed by atoms with Crippen molar-refractivity contribution < 1.29 is 19.2 Å². The van der Waals surface area contributed by atoms with Crippen LogP contribution in [0.1, 0.15) is 27.6 Å². The highest BCUT2D eigenvalue weighted by Crippen LogP contribution is 2.09. The molecular weight excluding hydrogens is 334 g/mol. The van der Waals surface area contributed by atoms with Gasteiger partial charge in [-0.3, -0.25) is 19.2 Å². The van der Waals surface area contributed by atoms with E-state index in [1.165, 1.54) is 31.2 Å². The number of ketones is 1. The van der Waals surface area contributed by atoms with E-state index in [2.05, 4.69) is 16.0 Å². The smallest absolute Gasteiger partial charge is 0.291 e. The van der Waals surface area contributed by atoms with E-state index in [0.29, 0.717) is 23.4 Å². The van der Waals surface area contributed by atoms with Crippen molar-refractivity contribution in [2.45, 2.75) is 6.92 Å². The summed E-state index contributed by atoms with van der Waals surface area (Å²) in [6.07, 6.45) is 0. The highest BCUT2D eigenvalue weighted by atomic mass is 16.2. The Morgan fingerprint density at radius 3 is 1.73 bits per heavy atom. The van der Waals surface area contributed by atoms with Crippen LogP contribution < -0.4 is 16.0 Å². The van der Waals surface area contributed by atoms with Crippen molar-refractivity contribution in [2.75, 3.05) is 18.4 Å². The number of carbonyl (C=O) groups is 4. The number of hydrogen-bond donors (Lipinski definition) is 3. The zero-order valence-electron chi connectivity index (χ0n) is 14.2. The van der Waals surface area contributed by atoms with Gasteiger partial charge in [-0.15, -0.1) is 0 Å². The fraction of sp³-hybridized carbons (Fsp3) is 0.158. The lowest BCUT2D eigenvalue weighted by Gasteiger charge is -2.08. The molecule has 0 unspecified atom stereocenters. The third kappa shape index (κ3) is 5.55.